The fourth-order valence-electron chi connectivity index (χ4n) is 1.68. The molecule has 0 radical (unpaired) electrons. The molecule has 0 bridgehead atoms. The van der Waals surface area contributed by atoms with Crippen molar-refractivity contribution in [2.75, 3.05) is 13.1 Å². The first-order valence-corrected chi connectivity index (χ1v) is 5.77. The SMILES string of the molecule is CCCN(CCC(C)(C)C)C1CC1. The quantitative estimate of drug-likeness (QED) is 0.632. The Morgan fingerprint density at radius 3 is 2.15 bits per heavy atom. The summed E-state index contributed by atoms with van der Waals surface area (Å²) in [5.41, 5.74) is 0.501. The smallest absolute Gasteiger partial charge is 0.00964 e. The minimum absolute atomic E-state index is 0.501. The van der Waals surface area contributed by atoms with Crippen LogP contribution >= 0.6 is 0 Å². The van der Waals surface area contributed by atoms with E-state index in [4.69, 9.17) is 0 Å². The maximum Gasteiger partial charge on any atom is 0.00964 e. The Balaban J connectivity index is 2.22. The second-order valence-electron chi connectivity index (χ2n) is 5.58. The Kier molecular flexibility index (Phi) is 3.78. The molecular formula is C12H25N. The summed E-state index contributed by atoms with van der Waals surface area (Å²) < 4.78 is 0. The standard InChI is InChI=1S/C12H25N/c1-5-9-13(11-6-7-11)10-8-12(2,3)4/h11H,5-10H2,1-4H3. The van der Waals surface area contributed by atoms with Crippen molar-refractivity contribution in [1.29, 1.82) is 0 Å². The van der Waals surface area contributed by atoms with Gasteiger partial charge in [0.25, 0.3) is 0 Å². The van der Waals surface area contributed by atoms with Crippen LogP contribution in [0.25, 0.3) is 0 Å². The van der Waals surface area contributed by atoms with E-state index >= 15 is 0 Å². The second kappa shape index (κ2) is 4.45. The molecule has 0 spiro atoms. The van der Waals surface area contributed by atoms with Crippen molar-refractivity contribution >= 4 is 0 Å². The van der Waals surface area contributed by atoms with Crippen molar-refractivity contribution in [2.24, 2.45) is 5.41 Å². The normalized spacial score (nSPS) is 18.2. The van der Waals surface area contributed by atoms with Gasteiger partial charge < -0.3 is 4.90 Å². The molecule has 1 nitrogen and oxygen atoms in total. The summed E-state index contributed by atoms with van der Waals surface area (Å²) in [5, 5.41) is 0. The first-order chi connectivity index (χ1) is 6.03. The zero-order valence-corrected chi connectivity index (χ0v) is 9.77. The third-order valence-electron chi connectivity index (χ3n) is 2.72. The van der Waals surface area contributed by atoms with Crippen molar-refractivity contribution in [3.63, 3.8) is 0 Å². The zero-order valence-electron chi connectivity index (χ0n) is 9.77. The highest BCUT2D eigenvalue weighted by Crippen LogP contribution is 2.29. The van der Waals surface area contributed by atoms with Gasteiger partial charge in [-0.15, -0.1) is 0 Å². The van der Waals surface area contributed by atoms with Gasteiger partial charge in [0.15, 0.2) is 0 Å². The van der Waals surface area contributed by atoms with Gasteiger partial charge in [-0.25, -0.2) is 0 Å². The molecule has 0 aliphatic heterocycles. The molecule has 78 valence electrons. The number of hydrogen-bond acceptors (Lipinski definition) is 1. The van der Waals surface area contributed by atoms with E-state index in [0.717, 1.165) is 6.04 Å². The van der Waals surface area contributed by atoms with Crippen LogP contribution in [0.1, 0.15) is 53.4 Å². The van der Waals surface area contributed by atoms with Crippen LogP contribution in [-0.2, 0) is 0 Å². The van der Waals surface area contributed by atoms with Gasteiger partial charge in [-0.05, 0) is 44.2 Å². The molecule has 0 aromatic carbocycles. The molecule has 0 atom stereocenters. The van der Waals surface area contributed by atoms with E-state index in [9.17, 15) is 0 Å². The lowest BCUT2D eigenvalue weighted by Gasteiger charge is -2.26. The van der Waals surface area contributed by atoms with E-state index in [-0.39, 0.29) is 0 Å². The fourth-order valence-corrected chi connectivity index (χ4v) is 1.68. The highest BCUT2D eigenvalue weighted by Gasteiger charge is 2.28. The van der Waals surface area contributed by atoms with Crippen LogP contribution < -0.4 is 0 Å². The lowest BCUT2D eigenvalue weighted by Crippen LogP contribution is -2.30. The first kappa shape index (κ1) is 11.0. The molecule has 0 N–H and O–H groups in total. The van der Waals surface area contributed by atoms with E-state index in [2.05, 4.69) is 32.6 Å². The lowest BCUT2D eigenvalue weighted by atomic mass is 9.92. The van der Waals surface area contributed by atoms with Gasteiger partial charge in [-0.3, -0.25) is 0 Å². The third kappa shape index (κ3) is 4.66. The van der Waals surface area contributed by atoms with E-state index in [1.807, 2.05) is 0 Å². The summed E-state index contributed by atoms with van der Waals surface area (Å²) in [6.45, 7) is 11.9. The van der Waals surface area contributed by atoms with Crippen molar-refractivity contribution in [3.8, 4) is 0 Å². The molecule has 1 rings (SSSR count). The monoisotopic (exact) mass is 183 g/mol. The summed E-state index contributed by atoms with van der Waals surface area (Å²) in [6, 6.07) is 0.947. The van der Waals surface area contributed by atoms with Crippen LogP contribution in [-0.4, -0.2) is 24.0 Å². The molecule has 1 saturated carbocycles. The predicted molar refractivity (Wildman–Crippen MR) is 59.0 cm³/mol. The Morgan fingerprint density at radius 1 is 1.15 bits per heavy atom. The van der Waals surface area contributed by atoms with Crippen molar-refractivity contribution < 1.29 is 0 Å². The molecule has 0 unspecified atom stereocenters. The summed E-state index contributed by atoms with van der Waals surface area (Å²) in [4.78, 5) is 2.69. The van der Waals surface area contributed by atoms with Crippen molar-refractivity contribution in [3.05, 3.63) is 0 Å². The highest BCUT2D eigenvalue weighted by molar-refractivity contribution is 4.84. The molecule has 1 aliphatic rings. The Morgan fingerprint density at radius 2 is 1.77 bits per heavy atom. The number of nitrogens with zero attached hydrogens (tertiary/aromatic N) is 1. The van der Waals surface area contributed by atoms with Crippen molar-refractivity contribution in [2.45, 2.75) is 59.4 Å². The van der Waals surface area contributed by atoms with Gasteiger partial charge in [0.1, 0.15) is 0 Å². The topological polar surface area (TPSA) is 3.24 Å². The van der Waals surface area contributed by atoms with Crippen LogP contribution in [0.4, 0.5) is 0 Å². The van der Waals surface area contributed by atoms with E-state index in [0.29, 0.717) is 5.41 Å². The van der Waals surface area contributed by atoms with Gasteiger partial charge in [0.2, 0.25) is 0 Å². The minimum Gasteiger partial charge on any atom is -0.300 e. The average Bonchev–Trinajstić information content (AvgIpc) is 2.78. The van der Waals surface area contributed by atoms with Crippen LogP contribution in [0.2, 0.25) is 0 Å². The average molecular weight is 183 g/mol. The molecule has 1 heteroatoms. The maximum atomic E-state index is 2.69. The summed E-state index contributed by atoms with van der Waals surface area (Å²) in [5.74, 6) is 0. The number of rotatable bonds is 5. The summed E-state index contributed by atoms with van der Waals surface area (Å²) in [6.07, 6.45) is 5.54. The molecule has 0 aromatic rings. The summed E-state index contributed by atoms with van der Waals surface area (Å²) in [7, 11) is 0. The highest BCUT2D eigenvalue weighted by atomic mass is 15.2. The van der Waals surface area contributed by atoms with Gasteiger partial charge >= 0.3 is 0 Å². The third-order valence-corrected chi connectivity index (χ3v) is 2.72. The largest absolute Gasteiger partial charge is 0.300 e. The molecule has 0 heterocycles. The van der Waals surface area contributed by atoms with E-state index in [1.54, 1.807) is 0 Å². The maximum absolute atomic E-state index is 2.69. The molecular weight excluding hydrogens is 158 g/mol. The predicted octanol–water partition coefficient (Wildman–Crippen LogP) is 3.30. The minimum atomic E-state index is 0.501. The molecule has 1 fully saturated rings. The van der Waals surface area contributed by atoms with Crippen molar-refractivity contribution in [1.82, 2.24) is 4.90 Å². The molecule has 0 aromatic heterocycles. The summed E-state index contributed by atoms with van der Waals surface area (Å²) >= 11 is 0. The molecule has 13 heavy (non-hydrogen) atoms. The second-order valence-corrected chi connectivity index (χ2v) is 5.58. The van der Waals surface area contributed by atoms with E-state index in [1.165, 1.54) is 38.8 Å². The lowest BCUT2D eigenvalue weighted by molar-refractivity contribution is 0.219. The van der Waals surface area contributed by atoms with Crippen LogP contribution in [0.15, 0.2) is 0 Å². The first-order valence-electron chi connectivity index (χ1n) is 5.77. The Hall–Kier alpha value is -0.0400. The van der Waals surface area contributed by atoms with Gasteiger partial charge in [-0.1, -0.05) is 27.7 Å². The number of hydrogen-bond donors (Lipinski definition) is 0. The van der Waals surface area contributed by atoms with Gasteiger partial charge in [0, 0.05) is 6.04 Å². The van der Waals surface area contributed by atoms with Gasteiger partial charge in [-0.2, -0.15) is 0 Å². The molecule has 1 aliphatic carbocycles. The van der Waals surface area contributed by atoms with Crippen LogP contribution in [0.3, 0.4) is 0 Å². The van der Waals surface area contributed by atoms with Crippen LogP contribution in [0, 0.1) is 5.41 Å². The molecule has 0 saturated heterocycles. The van der Waals surface area contributed by atoms with E-state index < -0.39 is 0 Å². The zero-order chi connectivity index (χ0) is 9.90. The Bertz CT molecular complexity index is 142. The molecule has 0 amide bonds. The van der Waals surface area contributed by atoms with Gasteiger partial charge in [0.05, 0.1) is 0 Å². The van der Waals surface area contributed by atoms with Crippen LogP contribution in [0.5, 0.6) is 0 Å². The Labute approximate surface area is 83.5 Å². The fraction of sp³-hybridized carbons (Fsp3) is 1.00.